The molecule has 0 bridgehead atoms. The van der Waals surface area contributed by atoms with Crippen LogP contribution in [0, 0.1) is 20.8 Å². The third-order valence-electron chi connectivity index (χ3n) is 3.15. The van der Waals surface area contributed by atoms with E-state index >= 15 is 0 Å². The Labute approximate surface area is 118 Å². The number of ether oxygens (including phenoxy) is 1. The fourth-order valence-electron chi connectivity index (χ4n) is 2.41. The lowest BCUT2D eigenvalue weighted by molar-refractivity contribution is 0.0527. The van der Waals surface area contributed by atoms with Gasteiger partial charge in [-0.3, -0.25) is 0 Å². The maximum Gasteiger partial charge on any atom is 0.343 e. The molecule has 0 fully saturated rings. The fourth-order valence-corrected chi connectivity index (χ4v) is 2.41. The van der Waals surface area contributed by atoms with Crippen molar-refractivity contribution in [3.8, 4) is 5.69 Å². The van der Waals surface area contributed by atoms with E-state index in [9.17, 15) is 4.79 Å². The quantitative estimate of drug-likeness (QED) is 0.872. The zero-order valence-corrected chi connectivity index (χ0v) is 12.2. The Morgan fingerprint density at radius 2 is 1.90 bits per heavy atom. The van der Waals surface area contributed by atoms with Crippen LogP contribution in [0.25, 0.3) is 5.69 Å². The van der Waals surface area contributed by atoms with E-state index in [2.05, 4.69) is 17.2 Å². The third kappa shape index (κ3) is 2.39. The highest BCUT2D eigenvalue weighted by molar-refractivity contribution is 5.94. The summed E-state index contributed by atoms with van der Waals surface area (Å²) in [6, 6.07) is 4.13. The third-order valence-corrected chi connectivity index (χ3v) is 3.15. The summed E-state index contributed by atoms with van der Waals surface area (Å²) in [7, 11) is 0. The molecule has 2 N–H and O–H groups in total. The van der Waals surface area contributed by atoms with E-state index in [4.69, 9.17) is 10.5 Å². The summed E-state index contributed by atoms with van der Waals surface area (Å²) in [4.78, 5) is 11.8. The maximum absolute atomic E-state index is 11.8. The number of hydrogen-bond acceptors (Lipinski definition) is 4. The number of rotatable bonds is 3. The van der Waals surface area contributed by atoms with Gasteiger partial charge in [-0.15, -0.1) is 0 Å². The van der Waals surface area contributed by atoms with Crippen LogP contribution in [-0.2, 0) is 4.74 Å². The number of hydrogen-bond donors (Lipinski definition) is 1. The molecular formula is C15H19N3O2. The van der Waals surface area contributed by atoms with Gasteiger partial charge >= 0.3 is 5.97 Å². The second-order valence-corrected chi connectivity index (χ2v) is 4.82. The van der Waals surface area contributed by atoms with Crippen LogP contribution in [0.3, 0.4) is 0 Å². The highest BCUT2D eigenvalue weighted by Crippen LogP contribution is 2.24. The first-order chi connectivity index (χ1) is 9.45. The highest BCUT2D eigenvalue weighted by atomic mass is 16.5. The molecule has 1 aromatic carbocycles. The second-order valence-electron chi connectivity index (χ2n) is 4.82. The van der Waals surface area contributed by atoms with Crippen molar-refractivity contribution < 1.29 is 9.53 Å². The number of benzene rings is 1. The molecule has 0 atom stereocenters. The first-order valence-corrected chi connectivity index (χ1v) is 6.54. The zero-order chi connectivity index (χ0) is 14.9. The van der Waals surface area contributed by atoms with Crippen molar-refractivity contribution >= 4 is 11.8 Å². The van der Waals surface area contributed by atoms with Gasteiger partial charge in [0.25, 0.3) is 0 Å². The van der Waals surface area contributed by atoms with Crippen molar-refractivity contribution in [1.29, 1.82) is 0 Å². The van der Waals surface area contributed by atoms with E-state index in [1.54, 1.807) is 11.6 Å². The number of nitrogens with two attached hydrogens (primary N) is 1. The fraction of sp³-hybridized carbons (Fsp3) is 0.333. The molecule has 2 aromatic rings. The zero-order valence-electron chi connectivity index (χ0n) is 12.2. The molecule has 5 heteroatoms. The SMILES string of the molecule is CCOC(=O)c1cnn(-c2c(C)cc(C)cc2C)c1N. The van der Waals surface area contributed by atoms with Crippen LogP contribution in [-0.4, -0.2) is 22.4 Å². The van der Waals surface area contributed by atoms with Crippen molar-refractivity contribution in [1.82, 2.24) is 9.78 Å². The standard InChI is InChI=1S/C15H19N3O2/c1-5-20-15(19)12-8-17-18(14(12)16)13-10(3)6-9(2)7-11(13)4/h6-8H,5,16H2,1-4H3. The lowest BCUT2D eigenvalue weighted by atomic mass is 10.1. The van der Waals surface area contributed by atoms with E-state index < -0.39 is 5.97 Å². The topological polar surface area (TPSA) is 70.1 Å². The van der Waals surface area contributed by atoms with Crippen LogP contribution in [0.1, 0.15) is 34.0 Å². The Kier molecular flexibility index (Phi) is 3.79. The number of aryl methyl sites for hydroxylation is 3. The van der Waals surface area contributed by atoms with Crippen LogP contribution in [0.4, 0.5) is 5.82 Å². The smallest absolute Gasteiger partial charge is 0.343 e. The summed E-state index contributed by atoms with van der Waals surface area (Å²) in [6.07, 6.45) is 1.45. The summed E-state index contributed by atoms with van der Waals surface area (Å²) in [6.45, 7) is 8.11. The first kappa shape index (κ1) is 14.1. The van der Waals surface area contributed by atoms with Gasteiger partial charge in [0.05, 0.1) is 18.5 Å². The predicted octanol–water partition coefficient (Wildman–Crippen LogP) is 2.56. The number of aromatic nitrogens is 2. The molecule has 5 nitrogen and oxygen atoms in total. The summed E-state index contributed by atoms with van der Waals surface area (Å²) < 4.78 is 6.56. The van der Waals surface area contributed by atoms with Crippen LogP contribution >= 0.6 is 0 Å². The lowest BCUT2D eigenvalue weighted by Gasteiger charge is -2.13. The van der Waals surface area contributed by atoms with Gasteiger partial charge in [0.1, 0.15) is 11.4 Å². The number of nitrogen functional groups attached to an aromatic ring is 1. The van der Waals surface area contributed by atoms with Crippen molar-refractivity contribution in [2.75, 3.05) is 12.3 Å². The van der Waals surface area contributed by atoms with Gasteiger partial charge in [0.15, 0.2) is 0 Å². The van der Waals surface area contributed by atoms with E-state index in [0.717, 1.165) is 16.8 Å². The van der Waals surface area contributed by atoms with Crippen molar-refractivity contribution in [2.45, 2.75) is 27.7 Å². The molecule has 0 aliphatic heterocycles. The molecule has 0 aliphatic rings. The summed E-state index contributed by atoms with van der Waals surface area (Å²) in [5.41, 5.74) is 10.6. The molecule has 2 rings (SSSR count). The average Bonchev–Trinajstić information content (AvgIpc) is 2.71. The van der Waals surface area contributed by atoms with Gasteiger partial charge in [0.2, 0.25) is 0 Å². The van der Waals surface area contributed by atoms with Gasteiger partial charge in [-0.05, 0) is 38.8 Å². The second kappa shape index (κ2) is 5.36. The Hall–Kier alpha value is -2.30. The molecule has 0 spiro atoms. The molecule has 0 unspecified atom stereocenters. The Morgan fingerprint density at radius 3 is 2.45 bits per heavy atom. The van der Waals surface area contributed by atoms with Gasteiger partial charge in [0, 0.05) is 0 Å². The van der Waals surface area contributed by atoms with Crippen molar-refractivity contribution in [3.63, 3.8) is 0 Å². The number of carbonyl (C=O) groups is 1. The molecule has 0 aliphatic carbocycles. The van der Waals surface area contributed by atoms with Crippen molar-refractivity contribution in [2.24, 2.45) is 0 Å². The van der Waals surface area contributed by atoms with Crippen LogP contribution in [0.15, 0.2) is 18.3 Å². The van der Waals surface area contributed by atoms with Crippen LogP contribution < -0.4 is 5.73 Å². The Morgan fingerprint density at radius 1 is 1.30 bits per heavy atom. The molecular weight excluding hydrogens is 254 g/mol. The number of carbonyl (C=O) groups excluding carboxylic acids is 1. The maximum atomic E-state index is 11.8. The number of nitrogens with zero attached hydrogens (tertiary/aromatic N) is 2. The van der Waals surface area contributed by atoms with E-state index in [1.807, 2.05) is 20.8 Å². The summed E-state index contributed by atoms with van der Waals surface area (Å²) in [5, 5.41) is 4.23. The molecule has 0 radical (unpaired) electrons. The molecule has 0 amide bonds. The molecule has 1 heterocycles. The van der Waals surface area contributed by atoms with Crippen LogP contribution in [0.5, 0.6) is 0 Å². The minimum atomic E-state index is -0.446. The summed E-state index contributed by atoms with van der Waals surface area (Å²) in [5.74, 6) is -0.142. The van der Waals surface area contributed by atoms with Gasteiger partial charge in [-0.1, -0.05) is 17.7 Å². The largest absolute Gasteiger partial charge is 0.462 e. The lowest BCUT2D eigenvalue weighted by Crippen LogP contribution is -2.10. The monoisotopic (exact) mass is 273 g/mol. The first-order valence-electron chi connectivity index (χ1n) is 6.54. The Balaban J connectivity index is 2.53. The van der Waals surface area contributed by atoms with Gasteiger partial charge < -0.3 is 10.5 Å². The Bertz CT molecular complexity index is 636. The van der Waals surface area contributed by atoms with Gasteiger partial charge in [-0.2, -0.15) is 5.10 Å². The normalized spacial score (nSPS) is 10.6. The van der Waals surface area contributed by atoms with Crippen molar-refractivity contribution in [3.05, 3.63) is 40.6 Å². The molecule has 20 heavy (non-hydrogen) atoms. The minimum Gasteiger partial charge on any atom is -0.462 e. The predicted molar refractivity (Wildman–Crippen MR) is 78.1 cm³/mol. The highest BCUT2D eigenvalue weighted by Gasteiger charge is 2.18. The molecule has 0 saturated carbocycles. The molecule has 0 saturated heterocycles. The number of anilines is 1. The van der Waals surface area contributed by atoms with Gasteiger partial charge in [-0.25, -0.2) is 9.48 Å². The molecule has 1 aromatic heterocycles. The van der Waals surface area contributed by atoms with E-state index in [-0.39, 0.29) is 0 Å². The van der Waals surface area contributed by atoms with E-state index in [1.165, 1.54) is 11.8 Å². The number of esters is 1. The molecule has 106 valence electrons. The summed E-state index contributed by atoms with van der Waals surface area (Å²) >= 11 is 0. The van der Waals surface area contributed by atoms with Crippen LogP contribution in [0.2, 0.25) is 0 Å². The minimum absolute atomic E-state index is 0.297. The van der Waals surface area contributed by atoms with E-state index in [0.29, 0.717) is 18.0 Å². The average molecular weight is 273 g/mol.